The minimum absolute atomic E-state index is 0.992. The van der Waals surface area contributed by atoms with Crippen molar-refractivity contribution in [3.8, 4) is 0 Å². The minimum atomic E-state index is 0.992. The van der Waals surface area contributed by atoms with Gasteiger partial charge in [0.1, 0.15) is 0 Å². The second kappa shape index (κ2) is 4.62. The van der Waals surface area contributed by atoms with Crippen molar-refractivity contribution >= 4 is 15.9 Å². The van der Waals surface area contributed by atoms with Crippen LogP contribution in [0.15, 0.2) is 34.8 Å². The number of hydrogen-bond donors (Lipinski definition) is 1. The highest BCUT2D eigenvalue weighted by atomic mass is 79.9. The molecule has 1 aromatic carbocycles. The molecule has 1 heterocycles. The highest BCUT2D eigenvalue weighted by Gasteiger charge is 1.99. The van der Waals surface area contributed by atoms with Crippen LogP contribution in [0.1, 0.15) is 17.0 Å². The molecule has 0 aliphatic rings. The van der Waals surface area contributed by atoms with Gasteiger partial charge in [0.15, 0.2) is 0 Å². The summed E-state index contributed by atoms with van der Waals surface area (Å²) in [4.78, 5) is 0. The molecule has 0 unspecified atom stereocenters. The topological polar surface area (TPSA) is 28.7 Å². The number of H-pyrrole nitrogens is 1. The lowest BCUT2D eigenvalue weighted by molar-refractivity contribution is 0.889. The molecule has 0 fully saturated rings. The zero-order valence-corrected chi connectivity index (χ0v) is 10.2. The second-order valence-corrected chi connectivity index (χ2v) is 4.58. The molecule has 78 valence electrons. The van der Waals surface area contributed by atoms with Crippen LogP contribution in [0, 0.1) is 6.92 Å². The number of rotatable bonds is 3. The molecule has 0 spiro atoms. The molecule has 2 rings (SSSR count). The highest BCUT2D eigenvalue weighted by molar-refractivity contribution is 9.10. The summed E-state index contributed by atoms with van der Waals surface area (Å²) in [7, 11) is 0. The van der Waals surface area contributed by atoms with Crippen molar-refractivity contribution in [1.29, 1.82) is 0 Å². The average molecular weight is 265 g/mol. The van der Waals surface area contributed by atoms with Gasteiger partial charge >= 0.3 is 0 Å². The van der Waals surface area contributed by atoms with Crippen molar-refractivity contribution in [3.63, 3.8) is 0 Å². The van der Waals surface area contributed by atoms with Gasteiger partial charge < -0.3 is 0 Å². The molecule has 2 aromatic rings. The molecular formula is C12H13BrN2. The van der Waals surface area contributed by atoms with Gasteiger partial charge in [0.05, 0.1) is 5.69 Å². The van der Waals surface area contributed by atoms with E-state index in [1.807, 2.05) is 6.92 Å². The van der Waals surface area contributed by atoms with Gasteiger partial charge in [0.2, 0.25) is 0 Å². The van der Waals surface area contributed by atoms with Gasteiger partial charge in [-0.25, -0.2) is 0 Å². The molecule has 0 aliphatic carbocycles. The zero-order valence-electron chi connectivity index (χ0n) is 8.63. The van der Waals surface area contributed by atoms with E-state index < -0.39 is 0 Å². The van der Waals surface area contributed by atoms with Gasteiger partial charge in [-0.3, -0.25) is 5.10 Å². The Kier molecular flexibility index (Phi) is 3.21. The first kappa shape index (κ1) is 10.4. The van der Waals surface area contributed by atoms with E-state index in [0.717, 1.165) is 28.7 Å². The standard InChI is InChI=1S/C12H13BrN2/c1-9-8-12(15-14-9)7-4-10-2-5-11(13)6-3-10/h2-3,5-6,8H,4,7H2,1H3,(H,14,15). The van der Waals surface area contributed by atoms with Gasteiger partial charge in [-0.2, -0.15) is 5.10 Å². The largest absolute Gasteiger partial charge is 0.283 e. The van der Waals surface area contributed by atoms with Crippen LogP contribution >= 0.6 is 15.9 Å². The van der Waals surface area contributed by atoms with Crippen LogP contribution in [0.2, 0.25) is 0 Å². The van der Waals surface area contributed by atoms with Crippen LogP contribution in [-0.4, -0.2) is 10.2 Å². The van der Waals surface area contributed by atoms with E-state index in [4.69, 9.17) is 0 Å². The molecule has 15 heavy (non-hydrogen) atoms. The normalized spacial score (nSPS) is 10.5. The molecule has 0 bridgehead atoms. The molecule has 1 N–H and O–H groups in total. The van der Waals surface area contributed by atoms with Crippen LogP contribution in [0.25, 0.3) is 0 Å². The molecular weight excluding hydrogens is 252 g/mol. The third-order valence-corrected chi connectivity index (χ3v) is 2.87. The fraction of sp³-hybridized carbons (Fsp3) is 0.250. The van der Waals surface area contributed by atoms with Crippen molar-refractivity contribution in [2.45, 2.75) is 19.8 Å². The fourth-order valence-electron chi connectivity index (χ4n) is 1.53. The number of aromatic nitrogens is 2. The maximum absolute atomic E-state index is 4.21. The van der Waals surface area contributed by atoms with Crippen LogP contribution in [0.3, 0.4) is 0 Å². The average Bonchev–Trinajstić information content (AvgIpc) is 2.64. The first-order chi connectivity index (χ1) is 7.24. The van der Waals surface area contributed by atoms with Crippen molar-refractivity contribution < 1.29 is 0 Å². The summed E-state index contributed by atoms with van der Waals surface area (Å²) in [6, 6.07) is 10.5. The van der Waals surface area contributed by atoms with Crippen molar-refractivity contribution in [2.75, 3.05) is 0 Å². The van der Waals surface area contributed by atoms with E-state index in [-0.39, 0.29) is 0 Å². The maximum atomic E-state index is 4.21. The number of hydrogen-bond acceptors (Lipinski definition) is 1. The Morgan fingerprint density at radius 3 is 2.53 bits per heavy atom. The number of nitrogens with one attached hydrogen (secondary N) is 1. The molecule has 0 atom stereocenters. The summed E-state index contributed by atoms with van der Waals surface area (Å²) < 4.78 is 1.13. The van der Waals surface area contributed by atoms with Crippen molar-refractivity contribution in [3.05, 3.63) is 51.8 Å². The molecule has 2 nitrogen and oxygen atoms in total. The van der Waals surface area contributed by atoms with Crippen LogP contribution in [0.5, 0.6) is 0 Å². The summed E-state index contributed by atoms with van der Waals surface area (Å²) in [6.07, 6.45) is 2.03. The predicted octanol–water partition coefficient (Wildman–Crippen LogP) is 3.27. The van der Waals surface area contributed by atoms with E-state index in [0.29, 0.717) is 0 Å². The van der Waals surface area contributed by atoms with Gasteiger partial charge in [-0.15, -0.1) is 0 Å². The smallest absolute Gasteiger partial charge is 0.0628 e. The van der Waals surface area contributed by atoms with Gasteiger partial charge in [-0.05, 0) is 43.5 Å². The van der Waals surface area contributed by atoms with Crippen molar-refractivity contribution in [2.24, 2.45) is 0 Å². The Morgan fingerprint density at radius 1 is 1.20 bits per heavy atom. The van der Waals surface area contributed by atoms with E-state index in [1.165, 1.54) is 5.56 Å². The fourth-order valence-corrected chi connectivity index (χ4v) is 1.79. The van der Waals surface area contributed by atoms with Gasteiger partial charge in [0, 0.05) is 10.2 Å². The van der Waals surface area contributed by atoms with Gasteiger partial charge in [0.25, 0.3) is 0 Å². The SMILES string of the molecule is Cc1cc(CCc2ccc(Br)cc2)n[nH]1. The van der Waals surface area contributed by atoms with Crippen LogP contribution in [0.4, 0.5) is 0 Å². The number of benzene rings is 1. The number of aromatic amines is 1. The number of aryl methyl sites for hydroxylation is 3. The molecule has 0 radical (unpaired) electrons. The summed E-state index contributed by atoms with van der Waals surface area (Å²) in [6.45, 7) is 2.02. The second-order valence-electron chi connectivity index (χ2n) is 3.67. The maximum Gasteiger partial charge on any atom is 0.0628 e. The molecule has 0 aliphatic heterocycles. The first-order valence-corrected chi connectivity index (χ1v) is 5.79. The van der Waals surface area contributed by atoms with E-state index in [2.05, 4.69) is 56.5 Å². The zero-order chi connectivity index (χ0) is 10.7. The first-order valence-electron chi connectivity index (χ1n) is 4.99. The predicted molar refractivity (Wildman–Crippen MR) is 64.9 cm³/mol. The quantitative estimate of drug-likeness (QED) is 0.906. The molecule has 1 aromatic heterocycles. The monoisotopic (exact) mass is 264 g/mol. The molecule has 0 saturated carbocycles. The Bertz CT molecular complexity index is 431. The summed E-state index contributed by atoms with van der Waals surface area (Å²) in [5.41, 5.74) is 3.61. The Balaban J connectivity index is 1.96. The Morgan fingerprint density at radius 2 is 1.93 bits per heavy atom. The van der Waals surface area contributed by atoms with E-state index in [1.54, 1.807) is 0 Å². The Labute approximate surface area is 97.8 Å². The summed E-state index contributed by atoms with van der Waals surface area (Å²) >= 11 is 3.43. The Hall–Kier alpha value is -1.09. The lowest BCUT2D eigenvalue weighted by Crippen LogP contribution is -1.91. The number of nitrogens with zero attached hydrogens (tertiary/aromatic N) is 1. The lowest BCUT2D eigenvalue weighted by Gasteiger charge is -1.99. The highest BCUT2D eigenvalue weighted by Crippen LogP contribution is 2.12. The summed E-state index contributed by atoms with van der Waals surface area (Å²) in [5.74, 6) is 0. The molecule has 3 heteroatoms. The minimum Gasteiger partial charge on any atom is -0.283 e. The van der Waals surface area contributed by atoms with Gasteiger partial charge in [-0.1, -0.05) is 28.1 Å². The van der Waals surface area contributed by atoms with E-state index in [9.17, 15) is 0 Å². The van der Waals surface area contributed by atoms with Crippen molar-refractivity contribution in [1.82, 2.24) is 10.2 Å². The van der Waals surface area contributed by atoms with E-state index >= 15 is 0 Å². The molecule has 0 amide bonds. The summed E-state index contributed by atoms with van der Waals surface area (Å²) in [5, 5.41) is 7.17. The molecule has 0 saturated heterocycles. The third-order valence-electron chi connectivity index (χ3n) is 2.34. The lowest BCUT2D eigenvalue weighted by atomic mass is 10.1. The number of halogens is 1. The van der Waals surface area contributed by atoms with Crippen LogP contribution < -0.4 is 0 Å². The third kappa shape index (κ3) is 2.93. The van der Waals surface area contributed by atoms with Crippen LogP contribution in [-0.2, 0) is 12.8 Å².